The average Bonchev–Trinajstić information content (AvgIpc) is 3.55. The maximum Gasteiger partial charge on any atom is 0.227 e. The second kappa shape index (κ2) is 8.58. The zero-order chi connectivity index (χ0) is 25.8. The first-order chi connectivity index (χ1) is 18.5. The number of aromatic nitrogens is 5. The van der Waals surface area contributed by atoms with Gasteiger partial charge in [-0.25, -0.2) is 13.8 Å². The minimum absolute atomic E-state index is 0.0207. The van der Waals surface area contributed by atoms with Gasteiger partial charge in [-0.15, -0.1) is 0 Å². The van der Waals surface area contributed by atoms with Gasteiger partial charge in [-0.1, -0.05) is 24.3 Å². The third-order valence-electron chi connectivity index (χ3n) is 6.80. The molecule has 7 nitrogen and oxygen atoms in total. The van der Waals surface area contributed by atoms with Gasteiger partial charge >= 0.3 is 0 Å². The lowest BCUT2D eigenvalue weighted by Crippen LogP contribution is -2.13. The van der Waals surface area contributed by atoms with Gasteiger partial charge in [0.05, 0.1) is 22.9 Å². The van der Waals surface area contributed by atoms with Gasteiger partial charge in [0.2, 0.25) is 5.91 Å². The van der Waals surface area contributed by atoms with Gasteiger partial charge in [0, 0.05) is 28.6 Å². The number of amides is 1. The molecule has 0 aliphatic heterocycles. The van der Waals surface area contributed by atoms with Crippen molar-refractivity contribution < 1.29 is 13.6 Å². The summed E-state index contributed by atoms with van der Waals surface area (Å²) < 4.78 is 28.7. The lowest BCUT2D eigenvalue weighted by Gasteiger charge is -2.07. The van der Waals surface area contributed by atoms with E-state index in [1.54, 1.807) is 30.6 Å². The molecular weight excluding hydrogens is 486 g/mol. The number of nitrogens with zero attached hydrogens (tertiary/aromatic N) is 3. The number of carbonyl (C=O) groups excluding carboxylic acids is 1. The number of anilines is 1. The largest absolute Gasteiger partial charge is 0.337 e. The number of halogens is 2. The average molecular weight is 507 g/mol. The summed E-state index contributed by atoms with van der Waals surface area (Å²) in [7, 11) is 0. The third kappa shape index (κ3) is 3.88. The molecule has 6 aromatic rings. The number of hydrogen-bond donors (Lipinski definition) is 3. The monoisotopic (exact) mass is 506 g/mol. The van der Waals surface area contributed by atoms with Crippen molar-refractivity contribution in [3.63, 3.8) is 0 Å². The Bertz CT molecular complexity index is 1850. The number of fused-ring (bicyclic) bond motifs is 2. The smallest absolute Gasteiger partial charge is 0.227 e. The molecule has 186 valence electrons. The van der Waals surface area contributed by atoms with Gasteiger partial charge < -0.3 is 10.3 Å². The molecule has 3 N–H and O–H groups in total. The Morgan fingerprint density at radius 2 is 1.79 bits per heavy atom. The standard InChI is InChI=1S/C29H20F2N6O/c30-19-8-6-15(7-9-19)21-2-1-3-24-26(21)35-28(34-24)27-22-11-17(12-23(31)25(22)36-37-27)18-10-20(14-32-13-18)33-29(38)16-4-5-16/h1-3,6-14,16H,4-5H2,(H,33,38)(H,34,35)(H,36,37). The Labute approximate surface area is 215 Å². The Balaban J connectivity index is 1.31. The number of carbonyl (C=O) groups is 1. The van der Waals surface area contributed by atoms with Crippen molar-refractivity contribution in [1.29, 1.82) is 0 Å². The summed E-state index contributed by atoms with van der Waals surface area (Å²) in [5, 5.41) is 10.6. The van der Waals surface area contributed by atoms with Crippen molar-refractivity contribution in [2.75, 3.05) is 5.32 Å². The number of benzene rings is 3. The molecule has 1 fully saturated rings. The highest BCUT2D eigenvalue weighted by atomic mass is 19.1. The molecule has 1 saturated carbocycles. The quantitative estimate of drug-likeness (QED) is 0.250. The number of imidazole rings is 1. The molecular formula is C29H20F2N6O. The van der Waals surface area contributed by atoms with Crippen molar-refractivity contribution >= 4 is 33.5 Å². The number of H-pyrrole nitrogens is 2. The first kappa shape index (κ1) is 22.3. The third-order valence-corrected chi connectivity index (χ3v) is 6.80. The fourth-order valence-electron chi connectivity index (χ4n) is 4.69. The number of pyridine rings is 1. The molecule has 1 amide bonds. The summed E-state index contributed by atoms with van der Waals surface area (Å²) >= 11 is 0. The van der Waals surface area contributed by atoms with Crippen LogP contribution in [0.5, 0.6) is 0 Å². The molecule has 38 heavy (non-hydrogen) atoms. The Morgan fingerprint density at radius 3 is 2.61 bits per heavy atom. The number of rotatable bonds is 5. The molecule has 0 atom stereocenters. The first-order valence-electron chi connectivity index (χ1n) is 12.2. The van der Waals surface area contributed by atoms with Crippen molar-refractivity contribution in [3.05, 3.63) is 84.7 Å². The van der Waals surface area contributed by atoms with E-state index in [0.717, 1.165) is 29.5 Å². The van der Waals surface area contributed by atoms with Crippen molar-refractivity contribution in [2.24, 2.45) is 5.92 Å². The number of aromatic amines is 2. The summed E-state index contributed by atoms with van der Waals surface area (Å²) in [4.78, 5) is 24.5. The molecule has 0 radical (unpaired) electrons. The van der Waals surface area contributed by atoms with Crippen LogP contribution >= 0.6 is 0 Å². The first-order valence-corrected chi connectivity index (χ1v) is 12.2. The molecule has 3 aromatic heterocycles. The molecule has 7 rings (SSSR count). The van der Waals surface area contributed by atoms with E-state index in [9.17, 15) is 9.18 Å². The topological polar surface area (TPSA) is 99.3 Å². The number of nitrogens with one attached hydrogen (secondary N) is 3. The molecule has 0 unspecified atom stereocenters. The van der Waals surface area contributed by atoms with Crippen LogP contribution in [0.1, 0.15) is 12.8 Å². The van der Waals surface area contributed by atoms with Gasteiger partial charge in [0.15, 0.2) is 5.82 Å². The van der Waals surface area contributed by atoms with Gasteiger partial charge in [-0.3, -0.25) is 14.9 Å². The zero-order valence-corrected chi connectivity index (χ0v) is 19.9. The van der Waals surface area contributed by atoms with Gasteiger partial charge in [0.1, 0.15) is 22.8 Å². The van der Waals surface area contributed by atoms with E-state index in [2.05, 4.69) is 25.5 Å². The fourth-order valence-corrected chi connectivity index (χ4v) is 4.69. The van der Waals surface area contributed by atoms with E-state index in [1.807, 2.05) is 24.3 Å². The molecule has 1 aliphatic rings. The van der Waals surface area contributed by atoms with Crippen LogP contribution < -0.4 is 5.32 Å². The van der Waals surface area contributed by atoms with Crippen LogP contribution in [0.2, 0.25) is 0 Å². The minimum Gasteiger partial charge on any atom is -0.337 e. The van der Waals surface area contributed by atoms with Crippen molar-refractivity contribution in [3.8, 4) is 33.8 Å². The molecule has 0 saturated heterocycles. The van der Waals surface area contributed by atoms with Crippen LogP contribution in [0.25, 0.3) is 55.7 Å². The zero-order valence-electron chi connectivity index (χ0n) is 19.9. The maximum atomic E-state index is 15.2. The Kier molecular flexibility index (Phi) is 5.04. The van der Waals surface area contributed by atoms with Crippen LogP contribution in [0.15, 0.2) is 73.1 Å². The van der Waals surface area contributed by atoms with Crippen LogP contribution in [-0.2, 0) is 4.79 Å². The van der Waals surface area contributed by atoms with E-state index in [-0.39, 0.29) is 23.2 Å². The Hall–Kier alpha value is -4.92. The number of hydrogen-bond acceptors (Lipinski definition) is 4. The van der Waals surface area contributed by atoms with Crippen molar-refractivity contribution in [2.45, 2.75) is 12.8 Å². The van der Waals surface area contributed by atoms with Crippen LogP contribution in [-0.4, -0.2) is 31.1 Å². The summed E-state index contributed by atoms with van der Waals surface area (Å²) in [5.41, 5.74) is 5.69. The molecule has 3 aromatic carbocycles. The fraction of sp³-hybridized carbons (Fsp3) is 0.103. The highest BCUT2D eigenvalue weighted by Crippen LogP contribution is 2.35. The van der Waals surface area contributed by atoms with Crippen LogP contribution in [0.3, 0.4) is 0 Å². The highest BCUT2D eigenvalue weighted by Gasteiger charge is 2.29. The normalized spacial score (nSPS) is 13.3. The van der Waals surface area contributed by atoms with E-state index in [1.165, 1.54) is 18.2 Å². The van der Waals surface area contributed by atoms with E-state index < -0.39 is 5.82 Å². The summed E-state index contributed by atoms with van der Waals surface area (Å²) in [6.07, 6.45) is 5.01. The second-order valence-corrected chi connectivity index (χ2v) is 9.47. The summed E-state index contributed by atoms with van der Waals surface area (Å²) in [6, 6.07) is 17.0. The SMILES string of the molecule is O=C(Nc1cncc(-c2cc(F)c3[nH]nc(-c4nc5c(-c6ccc(F)cc6)cccc5[nH]4)c3c2)c1)C1CC1. The van der Waals surface area contributed by atoms with E-state index in [4.69, 9.17) is 4.98 Å². The number of para-hydroxylation sites is 1. The lowest BCUT2D eigenvalue weighted by atomic mass is 10.0. The van der Waals surface area contributed by atoms with Gasteiger partial charge in [0.25, 0.3) is 0 Å². The maximum absolute atomic E-state index is 15.2. The Morgan fingerprint density at radius 1 is 0.947 bits per heavy atom. The molecule has 9 heteroatoms. The lowest BCUT2D eigenvalue weighted by molar-refractivity contribution is -0.117. The molecule has 0 spiro atoms. The van der Waals surface area contributed by atoms with Crippen molar-refractivity contribution in [1.82, 2.24) is 25.1 Å². The van der Waals surface area contributed by atoms with E-state index in [0.29, 0.717) is 39.2 Å². The molecule has 0 bridgehead atoms. The molecule has 3 heterocycles. The predicted octanol–water partition coefficient (Wildman–Crippen LogP) is 6.46. The second-order valence-electron chi connectivity index (χ2n) is 9.47. The van der Waals surface area contributed by atoms with Gasteiger partial charge in [-0.05, 0) is 60.4 Å². The van der Waals surface area contributed by atoms with Crippen LogP contribution in [0.4, 0.5) is 14.5 Å². The van der Waals surface area contributed by atoms with E-state index >= 15 is 4.39 Å². The molecule has 1 aliphatic carbocycles. The summed E-state index contributed by atoms with van der Waals surface area (Å²) in [5.74, 6) is -0.260. The summed E-state index contributed by atoms with van der Waals surface area (Å²) in [6.45, 7) is 0. The highest BCUT2D eigenvalue weighted by molar-refractivity contribution is 5.99. The van der Waals surface area contributed by atoms with Gasteiger partial charge in [-0.2, -0.15) is 5.10 Å². The predicted molar refractivity (Wildman–Crippen MR) is 141 cm³/mol. The minimum atomic E-state index is -0.466. The van der Waals surface area contributed by atoms with Crippen LogP contribution in [0, 0.1) is 17.6 Å².